The summed E-state index contributed by atoms with van der Waals surface area (Å²) in [6, 6.07) is 7.84. The fourth-order valence-corrected chi connectivity index (χ4v) is 2.84. The highest BCUT2D eigenvalue weighted by molar-refractivity contribution is 6.19. The Bertz CT molecular complexity index is 711. The third kappa shape index (κ3) is 3.24. The van der Waals surface area contributed by atoms with Gasteiger partial charge in [-0.2, -0.15) is 0 Å². The fraction of sp³-hybridized carbons (Fsp3) is 0.471. The maximum atomic E-state index is 12.5. The SMILES string of the molecule is CC(C)(CCl)C(=O)N1CCN(c2cnc3ccccc3n2)CC1. The van der Waals surface area contributed by atoms with E-state index in [0.717, 1.165) is 29.9 Å². The second-order valence-corrected chi connectivity index (χ2v) is 6.78. The lowest BCUT2D eigenvalue weighted by molar-refractivity contribution is -0.139. The van der Waals surface area contributed by atoms with Crippen LogP contribution >= 0.6 is 11.6 Å². The molecule has 0 aliphatic carbocycles. The highest BCUT2D eigenvalue weighted by atomic mass is 35.5. The molecular weight excluding hydrogens is 312 g/mol. The van der Waals surface area contributed by atoms with Crippen molar-refractivity contribution >= 4 is 34.4 Å². The highest BCUT2D eigenvalue weighted by Gasteiger charge is 2.33. The van der Waals surface area contributed by atoms with Crippen molar-refractivity contribution in [1.82, 2.24) is 14.9 Å². The van der Waals surface area contributed by atoms with Crippen LogP contribution in [0.15, 0.2) is 30.5 Å². The maximum absolute atomic E-state index is 12.5. The van der Waals surface area contributed by atoms with Gasteiger partial charge in [0, 0.05) is 32.1 Å². The number of benzene rings is 1. The molecule has 0 radical (unpaired) electrons. The Morgan fingerprint density at radius 1 is 1.17 bits per heavy atom. The third-order valence-electron chi connectivity index (χ3n) is 4.24. The summed E-state index contributed by atoms with van der Waals surface area (Å²) in [5.41, 5.74) is 1.28. The zero-order chi connectivity index (χ0) is 16.4. The van der Waals surface area contributed by atoms with E-state index in [1.54, 1.807) is 0 Å². The predicted octanol–water partition coefficient (Wildman–Crippen LogP) is 2.54. The number of para-hydroxylation sites is 2. The first kappa shape index (κ1) is 16.0. The summed E-state index contributed by atoms with van der Waals surface area (Å²) < 4.78 is 0. The van der Waals surface area contributed by atoms with E-state index >= 15 is 0 Å². The molecule has 2 aromatic rings. The number of hydrogen-bond acceptors (Lipinski definition) is 4. The quantitative estimate of drug-likeness (QED) is 0.810. The van der Waals surface area contributed by atoms with Crippen LogP contribution in [0, 0.1) is 5.41 Å². The summed E-state index contributed by atoms with van der Waals surface area (Å²) in [5, 5.41) is 0. The molecule has 0 N–H and O–H groups in total. The highest BCUT2D eigenvalue weighted by Crippen LogP contribution is 2.23. The minimum Gasteiger partial charge on any atom is -0.352 e. The first-order valence-electron chi connectivity index (χ1n) is 7.83. The van der Waals surface area contributed by atoms with Gasteiger partial charge in [-0.3, -0.25) is 9.78 Å². The zero-order valence-corrected chi connectivity index (χ0v) is 14.3. The van der Waals surface area contributed by atoms with E-state index in [-0.39, 0.29) is 5.91 Å². The molecule has 2 heterocycles. The number of halogens is 1. The topological polar surface area (TPSA) is 49.3 Å². The van der Waals surface area contributed by atoms with Crippen LogP contribution in [0.4, 0.5) is 5.82 Å². The number of piperazine rings is 1. The van der Waals surface area contributed by atoms with Crippen molar-refractivity contribution in [1.29, 1.82) is 0 Å². The summed E-state index contributed by atoms with van der Waals surface area (Å²) in [6.07, 6.45) is 1.81. The number of fused-ring (bicyclic) bond motifs is 1. The van der Waals surface area contributed by atoms with Crippen molar-refractivity contribution < 1.29 is 4.79 Å². The Hall–Kier alpha value is -1.88. The van der Waals surface area contributed by atoms with Crippen molar-refractivity contribution in [3.63, 3.8) is 0 Å². The molecule has 1 saturated heterocycles. The van der Waals surface area contributed by atoms with Crippen molar-refractivity contribution in [2.45, 2.75) is 13.8 Å². The number of carbonyl (C=O) groups excluding carboxylic acids is 1. The van der Waals surface area contributed by atoms with Crippen LogP contribution in [0.5, 0.6) is 0 Å². The van der Waals surface area contributed by atoms with E-state index in [1.165, 1.54) is 0 Å². The monoisotopic (exact) mass is 332 g/mol. The van der Waals surface area contributed by atoms with Gasteiger partial charge in [-0.05, 0) is 26.0 Å². The van der Waals surface area contributed by atoms with Gasteiger partial charge in [-0.15, -0.1) is 11.6 Å². The molecule has 0 saturated carbocycles. The van der Waals surface area contributed by atoms with E-state index in [0.29, 0.717) is 19.0 Å². The molecule has 23 heavy (non-hydrogen) atoms. The van der Waals surface area contributed by atoms with Crippen LogP contribution < -0.4 is 4.90 Å². The summed E-state index contributed by atoms with van der Waals surface area (Å²) >= 11 is 5.91. The Kier molecular flexibility index (Phi) is 4.39. The van der Waals surface area contributed by atoms with Crippen LogP contribution in [0.3, 0.4) is 0 Å². The standard InChI is InChI=1S/C17H21ClN4O/c1-17(2,12-18)16(23)22-9-7-21(8-10-22)15-11-19-13-5-3-4-6-14(13)20-15/h3-6,11H,7-10,12H2,1-2H3. The normalized spacial score (nSPS) is 16.0. The van der Waals surface area contributed by atoms with E-state index in [4.69, 9.17) is 11.6 Å². The lowest BCUT2D eigenvalue weighted by Crippen LogP contribution is -2.52. The van der Waals surface area contributed by atoms with E-state index in [1.807, 2.05) is 49.2 Å². The third-order valence-corrected chi connectivity index (χ3v) is 4.91. The van der Waals surface area contributed by atoms with Gasteiger partial charge in [-0.25, -0.2) is 4.98 Å². The van der Waals surface area contributed by atoms with Crippen molar-refractivity contribution in [3.8, 4) is 0 Å². The first-order chi connectivity index (χ1) is 11.0. The maximum Gasteiger partial charge on any atom is 0.229 e. The predicted molar refractivity (Wildman–Crippen MR) is 92.8 cm³/mol. The largest absolute Gasteiger partial charge is 0.352 e. The second-order valence-electron chi connectivity index (χ2n) is 6.51. The number of anilines is 1. The summed E-state index contributed by atoms with van der Waals surface area (Å²) in [4.78, 5) is 25.7. The lowest BCUT2D eigenvalue weighted by atomic mass is 9.94. The molecule has 6 heteroatoms. The second kappa shape index (κ2) is 6.32. The Morgan fingerprint density at radius 3 is 2.48 bits per heavy atom. The molecule has 1 fully saturated rings. The lowest BCUT2D eigenvalue weighted by Gasteiger charge is -2.38. The molecule has 0 unspecified atom stereocenters. The Balaban J connectivity index is 1.69. The van der Waals surface area contributed by atoms with Gasteiger partial charge in [0.15, 0.2) is 0 Å². The van der Waals surface area contributed by atoms with Crippen LogP contribution in [0.25, 0.3) is 11.0 Å². The van der Waals surface area contributed by atoms with Gasteiger partial charge in [0.2, 0.25) is 5.91 Å². The minimum atomic E-state index is -0.507. The molecule has 1 aliphatic heterocycles. The van der Waals surface area contributed by atoms with Crippen molar-refractivity contribution in [3.05, 3.63) is 30.5 Å². The molecule has 3 rings (SSSR count). The average Bonchev–Trinajstić information content (AvgIpc) is 2.60. The molecule has 5 nitrogen and oxygen atoms in total. The minimum absolute atomic E-state index is 0.122. The molecule has 0 bridgehead atoms. The smallest absolute Gasteiger partial charge is 0.229 e. The Morgan fingerprint density at radius 2 is 1.83 bits per heavy atom. The van der Waals surface area contributed by atoms with Crippen LogP contribution in [-0.4, -0.2) is 52.8 Å². The number of amides is 1. The van der Waals surface area contributed by atoms with Gasteiger partial charge in [-0.1, -0.05) is 12.1 Å². The van der Waals surface area contributed by atoms with E-state index in [9.17, 15) is 4.79 Å². The van der Waals surface area contributed by atoms with Gasteiger partial charge >= 0.3 is 0 Å². The van der Waals surface area contributed by atoms with Gasteiger partial charge < -0.3 is 9.80 Å². The molecular formula is C17H21ClN4O. The number of nitrogens with zero attached hydrogens (tertiary/aromatic N) is 4. The molecule has 0 atom stereocenters. The first-order valence-corrected chi connectivity index (χ1v) is 8.37. The molecule has 1 aromatic heterocycles. The van der Waals surface area contributed by atoms with Gasteiger partial charge in [0.25, 0.3) is 0 Å². The fourth-order valence-electron chi connectivity index (χ4n) is 2.72. The molecule has 0 spiro atoms. The molecule has 1 aliphatic rings. The van der Waals surface area contributed by atoms with E-state index < -0.39 is 5.41 Å². The number of alkyl halides is 1. The molecule has 122 valence electrons. The van der Waals surface area contributed by atoms with E-state index in [2.05, 4.69) is 14.9 Å². The molecule has 1 amide bonds. The van der Waals surface area contributed by atoms with Crippen molar-refractivity contribution in [2.75, 3.05) is 37.0 Å². The number of hydrogen-bond donors (Lipinski definition) is 0. The van der Waals surface area contributed by atoms with Crippen LogP contribution in [0.1, 0.15) is 13.8 Å². The number of carbonyl (C=O) groups is 1. The van der Waals surface area contributed by atoms with Crippen molar-refractivity contribution in [2.24, 2.45) is 5.41 Å². The van der Waals surface area contributed by atoms with Gasteiger partial charge in [0.1, 0.15) is 5.82 Å². The van der Waals surface area contributed by atoms with Gasteiger partial charge in [0.05, 0.1) is 22.6 Å². The summed E-state index contributed by atoms with van der Waals surface area (Å²) in [6.45, 7) is 6.68. The average molecular weight is 333 g/mol. The number of aromatic nitrogens is 2. The summed E-state index contributed by atoms with van der Waals surface area (Å²) in [5.74, 6) is 1.33. The number of rotatable bonds is 3. The molecule has 1 aromatic carbocycles. The summed E-state index contributed by atoms with van der Waals surface area (Å²) in [7, 11) is 0. The Labute approximate surface area is 141 Å². The zero-order valence-electron chi connectivity index (χ0n) is 13.5. The van der Waals surface area contributed by atoms with Crippen LogP contribution in [-0.2, 0) is 4.79 Å². The van der Waals surface area contributed by atoms with Crippen LogP contribution in [0.2, 0.25) is 0 Å².